The van der Waals surface area contributed by atoms with Crippen molar-refractivity contribution in [1.29, 1.82) is 0 Å². The number of alkyl halides is 3. The van der Waals surface area contributed by atoms with E-state index in [0.29, 0.717) is 5.56 Å². The highest BCUT2D eigenvalue weighted by Gasteiger charge is 2.72. The van der Waals surface area contributed by atoms with E-state index in [1.54, 1.807) is 57.2 Å². The monoisotopic (exact) mass is 470 g/mol. The number of aryl methyl sites for hydroxylation is 2. The van der Waals surface area contributed by atoms with Crippen LogP contribution in [-0.2, 0) is 9.59 Å². The van der Waals surface area contributed by atoms with Gasteiger partial charge in [0.25, 0.3) is 11.8 Å². The third-order valence-electron chi connectivity index (χ3n) is 6.43. The summed E-state index contributed by atoms with van der Waals surface area (Å²) in [7, 11) is 0. The van der Waals surface area contributed by atoms with E-state index in [9.17, 15) is 27.6 Å². The zero-order valence-electron chi connectivity index (χ0n) is 19.3. The number of nitrogens with zero attached hydrogens (tertiary/aromatic N) is 1. The van der Waals surface area contributed by atoms with Crippen molar-refractivity contribution in [2.24, 2.45) is 5.41 Å². The molecule has 0 spiro atoms. The fourth-order valence-corrected chi connectivity index (χ4v) is 4.78. The molecule has 5 nitrogen and oxygen atoms in total. The fraction of sp³-hybridized carbons (Fsp3) is 0.346. The lowest BCUT2D eigenvalue weighted by atomic mass is 9.72. The largest absolute Gasteiger partial charge is 0.425 e. The highest BCUT2D eigenvalue weighted by atomic mass is 19.4. The van der Waals surface area contributed by atoms with Crippen molar-refractivity contribution < 1.29 is 27.6 Å². The number of ketones is 1. The molecule has 0 fully saturated rings. The average molecular weight is 470 g/mol. The second-order valence-electron chi connectivity index (χ2n) is 9.76. The molecule has 34 heavy (non-hydrogen) atoms. The van der Waals surface area contributed by atoms with Crippen molar-refractivity contribution >= 4 is 23.3 Å². The van der Waals surface area contributed by atoms with Gasteiger partial charge >= 0.3 is 6.18 Å². The van der Waals surface area contributed by atoms with E-state index in [0.717, 1.165) is 10.5 Å². The minimum Gasteiger partial charge on any atom is -0.326 e. The predicted octanol–water partition coefficient (Wildman–Crippen LogP) is 5.02. The number of allylic oxidation sites excluding steroid dienone is 1. The maximum absolute atomic E-state index is 14.9. The maximum atomic E-state index is 14.9. The zero-order valence-corrected chi connectivity index (χ0v) is 19.3. The Morgan fingerprint density at radius 1 is 0.971 bits per heavy atom. The van der Waals surface area contributed by atoms with E-state index < -0.39 is 40.3 Å². The quantitative estimate of drug-likeness (QED) is 0.685. The lowest BCUT2D eigenvalue weighted by Gasteiger charge is -2.35. The summed E-state index contributed by atoms with van der Waals surface area (Å²) in [5, 5.41) is 1.97. The minimum absolute atomic E-state index is 0.00144. The van der Waals surface area contributed by atoms with Crippen molar-refractivity contribution in [3.05, 3.63) is 76.5 Å². The fourth-order valence-electron chi connectivity index (χ4n) is 4.78. The van der Waals surface area contributed by atoms with E-state index in [1.165, 1.54) is 12.1 Å². The van der Waals surface area contributed by atoms with Crippen LogP contribution in [0, 0.1) is 19.3 Å². The van der Waals surface area contributed by atoms with E-state index in [1.807, 2.05) is 12.2 Å². The Labute approximate surface area is 195 Å². The zero-order chi connectivity index (χ0) is 25.1. The van der Waals surface area contributed by atoms with Gasteiger partial charge in [-0.05, 0) is 49.4 Å². The second kappa shape index (κ2) is 7.82. The molecule has 1 heterocycles. The maximum Gasteiger partial charge on any atom is 0.425 e. The first-order valence-corrected chi connectivity index (χ1v) is 10.9. The molecule has 0 aromatic heterocycles. The lowest BCUT2D eigenvalue weighted by Crippen LogP contribution is -2.66. The first-order chi connectivity index (χ1) is 15.8. The highest BCUT2D eigenvalue weighted by Crippen LogP contribution is 2.52. The Bertz CT molecular complexity index is 1230. The number of amides is 2. The molecule has 0 unspecified atom stereocenters. The van der Waals surface area contributed by atoms with Crippen molar-refractivity contribution in [3.63, 3.8) is 0 Å². The molecule has 0 saturated heterocycles. The van der Waals surface area contributed by atoms with E-state index >= 15 is 0 Å². The van der Waals surface area contributed by atoms with E-state index in [2.05, 4.69) is 0 Å². The molecule has 1 atom stereocenters. The van der Waals surface area contributed by atoms with E-state index in [-0.39, 0.29) is 29.8 Å². The van der Waals surface area contributed by atoms with Crippen LogP contribution in [-0.4, -0.2) is 29.3 Å². The van der Waals surface area contributed by atoms with Gasteiger partial charge in [0, 0.05) is 23.4 Å². The normalized spacial score (nSPS) is 22.1. The third kappa shape index (κ3) is 3.61. The number of benzene rings is 2. The van der Waals surface area contributed by atoms with Crippen LogP contribution in [0.3, 0.4) is 0 Å². The topological polar surface area (TPSA) is 66.5 Å². The van der Waals surface area contributed by atoms with Crippen molar-refractivity contribution in [2.45, 2.75) is 52.3 Å². The summed E-state index contributed by atoms with van der Waals surface area (Å²) >= 11 is 0. The summed E-state index contributed by atoms with van der Waals surface area (Å²) in [5.74, 6) is -3.27. The number of halogens is 3. The molecule has 2 aromatic carbocycles. The standard InChI is InChI=1S/C26H25F3N2O3/c1-15-9-11-17(12-10-15)31-19-13-24(3,4)14-20(32)21(19)25(23(31)34,26(27,28)29)30-22(33)18-8-6-5-7-16(18)2/h5-12H,13-14H2,1-4H3,(H,30,33)/t25-/m0/s1. The second-order valence-corrected chi connectivity index (χ2v) is 9.76. The molecule has 1 aliphatic carbocycles. The molecule has 0 bridgehead atoms. The molecule has 178 valence electrons. The molecule has 2 amide bonds. The van der Waals surface area contributed by atoms with Gasteiger partial charge in [-0.25, -0.2) is 0 Å². The molecule has 0 saturated carbocycles. The van der Waals surface area contributed by atoms with E-state index in [4.69, 9.17) is 0 Å². The van der Waals surface area contributed by atoms with Crippen LogP contribution in [0.1, 0.15) is 48.2 Å². The van der Waals surface area contributed by atoms with Gasteiger partial charge in [-0.2, -0.15) is 13.2 Å². The highest BCUT2D eigenvalue weighted by molar-refractivity contribution is 6.21. The molecule has 1 aliphatic heterocycles. The van der Waals surface area contributed by atoms with Crippen LogP contribution >= 0.6 is 0 Å². The van der Waals surface area contributed by atoms with Crippen LogP contribution in [0.4, 0.5) is 18.9 Å². The van der Waals surface area contributed by atoms with Gasteiger partial charge in [0.05, 0.1) is 5.57 Å². The van der Waals surface area contributed by atoms with Gasteiger partial charge in [-0.1, -0.05) is 49.7 Å². The Kier molecular flexibility index (Phi) is 5.46. The summed E-state index contributed by atoms with van der Waals surface area (Å²) in [4.78, 5) is 41.0. The van der Waals surface area contributed by atoms with Crippen LogP contribution in [0.15, 0.2) is 59.8 Å². The Balaban J connectivity index is 1.95. The molecule has 8 heteroatoms. The van der Waals surface area contributed by atoms with Gasteiger partial charge in [0.1, 0.15) is 0 Å². The number of hydrogen-bond acceptors (Lipinski definition) is 3. The summed E-state index contributed by atoms with van der Waals surface area (Å²) in [6, 6.07) is 12.6. The lowest BCUT2D eigenvalue weighted by molar-refractivity contribution is -0.186. The SMILES string of the molecule is Cc1ccc(N2C(=O)[C@](NC(=O)c3ccccc3C)(C(F)(F)F)C3=C2CC(C)(C)CC3=O)cc1. The van der Waals surface area contributed by atoms with Crippen molar-refractivity contribution in [3.8, 4) is 0 Å². The molecule has 0 radical (unpaired) electrons. The number of Topliss-reactive ketones (excluding diaryl/α,β-unsaturated/α-hetero) is 1. The number of carbonyl (C=O) groups is 3. The van der Waals surface area contributed by atoms with Crippen molar-refractivity contribution in [1.82, 2.24) is 5.32 Å². The summed E-state index contributed by atoms with van der Waals surface area (Å²) in [6.45, 7) is 6.94. The van der Waals surface area contributed by atoms with Gasteiger partial charge in [0.15, 0.2) is 5.78 Å². The van der Waals surface area contributed by atoms with Gasteiger partial charge in [0.2, 0.25) is 5.54 Å². The molecular formula is C26H25F3N2O3. The Morgan fingerprint density at radius 3 is 2.18 bits per heavy atom. The summed E-state index contributed by atoms with van der Waals surface area (Å²) < 4.78 is 44.7. The van der Waals surface area contributed by atoms with Crippen LogP contribution < -0.4 is 10.2 Å². The molecule has 1 N–H and O–H groups in total. The average Bonchev–Trinajstić information content (AvgIpc) is 2.96. The first-order valence-electron chi connectivity index (χ1n) is 10.9. The number of nitrogens with one attached hydrogen (secondary N) is 1. The van der Waals surface area contributed by atoms with Crippen LogP contribution in [0.5, 0.6) is 0 Å². The number of carbonyl (C=O) groups excluding carboxylic acids is 3. The minimum atomic E-state index is -5.25. The Hall–Kier alpha value is -3.42. The first kappa shape index (κ1) is 23.7. The Morgan fingerprint density at radius 2 is 1.59 bits per heavy atom. The number of rotatable bonds is 3. The van der Waals surface area contributed by atoms with Crippen LogP contribution in [0.2, 0.25) is 0 Å². The molecular weight excluding hydrogens is 445 g/mol. The number of anilines is 1. The molecule has 4 rings (SSSR count). The van der Waals surface area contributed by atoms with Gasteiger partial charge < -0.3 is 5.32 Å². The van der Waals surface area contributed by atoms with Gasteiger partial charge in [-0.3, -0.25) is 19.3 Å². The summed E-state index contributed by atoms with van der Waals surface area (Å²) in [5.41, 5.74) is -3.31. The number of hydrogen-bond donors (Lipinski definition) is 1. The van der Waals surface area contributed by atoms with Crippen LogP contribution in [0.25, 0.3) is 0 Å². The smallest absolute Gasteiger partial charge is 0.326 e. The molecule has 2 aromatic rings. The third-order valence-corrected chi connectivity index (χ3v) is 6.43. The summed E-state index contributed by atoms with van der Waals surface area (Å²) in [6.07, 6.45) is -5.34. The molecule has 2 aliphatic rings. The predicted molar refractivity (Wildman–Crippen MR) is 121 cm³/mol. The van der Waals surface area contributed by atoms with Crippen molar-refractivity contribution in [2.75, 3.05) is 4.90 Å². The van der Waals surface area contributed by atoms with Gasteiger partial charge in [-0.15, -0.1) is 0 Å².